The van der Waals surface area contributed by atoms with Crippen molar-refractivity contribution in [3.63, 3.8) is 0 Å². The number of fused-ring (bicyclic) bond motifs is 1. The number of nitrogens with zero attached hydrogens (tertiary/aromatic N) is 1. The van der Waals surface area contributed by atoms with Gasteiger partial charge in [0.25, 0.3) is 5.56 Å². The molecule has 0 spiro atoms. The van der Waals surface area contributed by atoms with Gasteiger partial charge >= 0.3 is 5.97 Å². The van der Waals surface area contributed by atoms with Gasteiger partial charge < -0.3 is 5.11 Å². The Labute approximate surface area is 128 Å². The van der Waals surface area contributed by atoms with Crippen LogP contribution in [0.1, 0.15) is 21.6 Å². The number of H-pyrrole nitrogens is 1. The molecule has 1 aromatic heterocycles. The van der Waals surface area contributed by atoms with Crippen LogP contribution in [0.4, 0.5) is 8.78 Å². The molecule has 0 atom stereocenters. The molecule has 7 heteroatoms. The number of aromatic carboxylic acids is 1. The second-order valence-corrected chi connectivity index (χ2v) is 4.97. The number of nitrogens with one attached hydrogen (secondary N) is 1. The number of rotatable bonds is 3. The van der Waals surface area contributed by atoms with Crippen molar-refractivity contribution in [3.8, 4) is 0 Å². The van der Waals surface area contributed by atoms with Crippen LogP contribution < -0.4 is 5.56 Å². The summed E-state index contributed by atoms with van der Waals surface area (Å²) in [6.45, 7) is 0. The Morgan fingerprint density at radius 3 is 2.57 bits per heavy atom. The molecule has 3 aromatic rings. The summed E-state index contributed by atoms with van der Waals surface area (Å²) < 4.78 is 27.0. The molecule has 0 aliphatic heterocycles. The van der Waals surface area contributed by atoms with Crippen LogP contribution in [0.3, 0.4) is 0 Å². The molecule has 0 fully saturated rings. The van der Waals surface area contributed by atoms with Gasteiger partial charge in [-0.3, -0.25) is 4.79 Å². The van der Waals surface area contributed by atoms with Crippen LogP contribution in [0.2, 0.25) is 0 Å². The molecule has 0 saturated heterocycles. The number of carboxylic acids is 1. The summed E-state index contributed by atoms with van der Waals surface area (Å²) in [5, 5.41) is 16.2. The first-order valence-electron chi connectivity index (χ1n) is 6.65. The molecule has 0 unspecified atom stereocenters. The molecule has 0 saturated carbocycles. The van der Waals surface area contributed by atoms with Gasteiger partial charge in [0, 0.05) is 11.8 Å². The van der Waals surface area contributed by atoms with Gasteiger partial charge in [-0.15, -0.1) is 0 Å². The zero-order valence-corrected chi connectivity index (χ0v) is 11.6. The Bertz CT molecular complexity index is 983. The van der Waals surface area contributed by atoms with Crippen molar-refractivity contribution >= 4 is 16.7 Å². The molecule has 1 heterocycles. The minimum Gasteiger partial charge on any atom is -0.478 e. The number of carbonyl (C=O) groups is 1. The summed E-state index contributed by atoms with van der Waals surface area (Å²) in [6, 6.07) is 8.70. The lowest BCUT2D eigenvalue weighted by molar-refractivity contribution is 0.0690. The number of halogens is 2. The van der Waals surface area contributed by atoms with E-state index in [1.165, 1.54) is 0 Å². The smallest absolute Gasteiger partial charge is 0.338 e. The highest BCUT2D eigenvalue weighted by Gasteiger charge is 2.17. The summed E-state index contributed by atoms with van der Waals surface area (Å²) in [4.78, 5) is 22.7. The largest absolute Gasteiger partial charge is 0.478 e. The van der Waals surface area contributed by atoms with Crippen LogP contribution in [0.25, 0.3) is 10.8 Å². The number of benzene rings is 2. The molecule has 0 amide bonds. The number of aromatic nitrogens is 2. The van der Waals surface area contributed by atoms with E-state index < -0.39 is 23.2 Å². The zero-order chi connectivity index (χ0) is 16.6. The van der Waals surface area contributed by atoms with Crippen molar-refractivity contribution in [2.75, 3.05) is 0 Å². The van der Waals surface area contributed by atoms with Crippen molar-refractivity contribution in [2.24, 2.45) is 0 Å². The van der Waals surface area contributed by atoms with Gasteiger partial charge in [-0.05, 0) is 23.8 Å². The van der Waals surface area contributed by atoms with Crippen molar-refractivity contribution < 1.29 is 18.7 Å². The van der Waals surface area contributed by atoms with Gasteiger partial charge in [0.05, 0.1) is 16.6 Å². The van der Waals surface area contributed by atoms with Crippen molar-refractivity contribution in [1.82, 2.24) is 10.2 Å². The Balaban J connectivity index is 2.12. The maximum Gasteiger partial charge on any atom is 0.338 e. The van der Waals surface area contributed by atoms with E-state index in [9.17, 15) is 18.4 Å². The monoisotopic (exact) mass is 316 g/mol. The Morgan fingerprint density at radius 1 is 1.17 bits per heavy atom. The van der Waals surface area contributed by atoms with E-state index in [2.05, 4.69) is 10.2 Å². The molecular formula is C16H10F2N2O3. The van der Waals surface area contributed by atoms with Gasteiger partial charge in [-0.25, -0.2) is 18.7 Å². The third kappa shape index (κ3) is 2.68. The topological polar surface area (TPSA) is 83.0 Å². The van der Waals surface area contributed by atoms with Gasteiger partial charge in [0.1, 0.15) is 0 Å². The first-order chi connectivity index (χ1) is 11.0. The first-order valence-corrected chi connectivity index (χ1v) is 6.65. The quantitative estimate of drug-likeness (QED) is 0.777. The molecule has 116 valence electrons. The van der Waals surface area contributed by atoms with Crippen LogP contribution in [0, 0.1) is 11.6 Å². The second-order valence-electron chi connectivity index (χ2n) is 4.97. The number of hydrogen-bond acceptors (Lipinski definition) is 3. The number of aromatic amines is 1. The molecule has 23 heavy (non-hydrogen) atoms. The molecule has 0 aliphatic rings. The highest BCUT2D eigenvalue weighted by Crippen LogP contribution is 2.20. The van der Waals surface area contributed by atoms with E-state index in [4.69, 9.17) is 5.11 Å². The Kier molecular flexibility index (Phi) is 3.61. The predicted molar refractivity (Wildman–Crippen MR) is 78.5 cm³/mol. The van der Waals surface area contributed by atoms with E-state index in [0.29, 0.717) is 16.5 Å². The lowest BCUT2D eigenvalue weighted by atomic mass is 10.0. The van der Waals surface area contributed by atoms with Gasteiger partial charge in [0.2, 0.25) is 0 Å². The van der Waals surface area contributed by atoms with Crippen LogP contribution in [0.15, 0.2) is 41.2 Å². The minimum atomic E-state index is -1.55. The summed E-state index contributed by atoms with van der Waals surface area (Å²) in [7, 11) is 0. The number of hydrogen-bond donors (Lipinski definition) is 2. The van der Waals surface area contributed by atoms with E-state index >= 15 is 0 Å². The second kappa shape index (κ2) is 5.60. The summed E-state index contributed by atoms with van der Waals surface area (Å²) >= 11 is 0. The van der Waals surface area contributed by atoms with E-state index in [1.807, 2.05) is 0 Å². The molecule has 2 aromatic carbocycles. The van der Waals surface area contributed by atoms with E-state index in [-0.39, 0.29) is 17.5 Å². The van der Waals surface area contributed by atoms with Crippen LogP contribution in [0.5, 0.6) is 0 Å². The SMILES string of the molecule is O=C(O)c1cc(Cc2n[nH]c(=O)c3ccccc23)cc(F)c1F. The molecule has 3 rings (SSSR count). The third-order valence-corrected chi connectivity index (χ3v) is 3.46. The lowest BCUT2D eigenvalue weighted by Crippen LogP contribution is -2.12. The Hall–Kier alpha value is -3.09. The maximum atomic E-state index is 13.6. The first kappa shape index (κ1) is 14.8. The maximum absolute atomic E-state index is 13.6. The van der Waals surface area contributed by atoms with Crippen LogP contribution >= 0.6 is 0 Å². The molecule has 0 aliphatic carbocycles. The predicted octanol–water partition coefficient (Wildman–Crippen LogP) is 2.49. The highest BCUT2D eigenvalue weighted by atomic mass is 19.2. The van der Waals surface area contributed by atoms with Gasteiger partial charge in [0.15, 0.2) is 11.6 Å². The Morgan fingerprint density at radius 2 is 1.87 bits per heavy atom. The average molecular weight is 316 g/mol. The summed E-state index contributed by atoms with van der Waals surface area (Å²) in [6.07, 6.45) is 0.0504. The van der Waals surface area contributed by atoms with Crippen LogP contribution in [-0.4, -0.2) is 21.3 Å². The van der Waals surface area contributed by atoms with Crippen LogP contribution in [-0.2, 0) is 6.42 Å². The fourth-order valence-corrected chi connectivity index (χ4v) is 2.40. The van der Waals surface area contributed by atoms with Gasteiger partial charge in [-0.2, -0.15) is 5.10 Å². The minimum absolute atomic E-state index is 0.0504. The molecule has 0 bridgehead atoms. The fourth-order valence-electron chi connectivity index (χ4n) is 2.40. The molecule has 0 radical (unpaired) electrons. The zero-order valence-electron chi connectivity index (χ0n) is 11.6. The average Bonchev–Trinajstić information content (AvgIpc) is 2.53. The van der Waals surface area contributed by atoms with Crippen molar-refractivity contribution in [2.45, 2.75) is 6.42 Å². The standard InChI is InChI=1S/C16H10F2N2O3/c17-12-6-8(5-11(14(12)18)16(22)23)7-13-9-3-1-2-4-10(9)15(21)20-19-13/h1-6H,7H2,(H,20,21)(H,22,23). The van der Waals surface area contributed by atoms with Crippen molar-refractivity contribution in [1.29, 1.82) is 0 Å². The number of carboxylic acid groups (broad SMARTS) is 1. The molecular weight excluding hydrogens is 306 g/mol. The summed E-state index contributed by atoms with van der Waals surface area (Å²) in [5.74, 6) is -4.20. The fraction of sp³-hybridized carbons (Fsp3) is 0.0625. The van der Waals surface area contributed by atoms with Gasteiger partial charge in [-0.1, -0.05) is 18.2 Å². The highest BCUT2D eigenvalue weighted by molar-refractivity contribution is 5.88. The van der Waals surface area contributed by atoms with E-state index in [0.717, 1.165) is 12.1 Å². The lowest BCUT2D eigenvalue weighted by Gasteiger charge is -2.07. The van der Waals surface area contributed by atoms with Crippen molar-refractivity contribution in [3.05, 3.63) is 75.2 Å². The third-order valence-electron chi connectivity index (χ3n) is 3.46. The van der Waals surface area contributed by atoms with E-state index in [1.54, 1.807) is 24.3 Å². The summed E-state index contributed by atoms with van der Waals surface area (Å²) in [5.41, 5.74) is -0.428. The molecule has 5 nitrogen and oxygen atoms in total. The normalized spacial score (nSPS) is 10.9. The molecule has 2 N–H and O–H groups in total.